The van der Waals surface area contributed by atoms with E-state index in [1.54, 1.807) is 6.33 Å². The number of aromatic nitrogens is 2. The lowest BCUT2D eigenvalue weighted by atomic mass is 9.99. The normalized spacial score (nSPS) is 19.9. The molecule has 0 bridgehead atoms. The Bertz CT molecular complexity index is 391. The Balaban J connectivity index is 2.36. The van der Waals surface area contributed by atoms with Crippen LogP contribution in [0.4, 0.5) is 11.6 Å². The zero-order valence-electron chi connectivity index (χ0n) is 11.7. The molecule has 0 radical (unpaired) electrons. The number of anilines is 2. The van der Waals surface area contributed by atoms with Crippen molar-refractivity contribution in [3.63, 3.8) is 0 Å². The maximum Gasteiger partial charge on any atom is 0.137 e. The van der Waals surface area contributed by atoms with Gasteiger partial charge < -0.3 is 10.2 Å². The molecule has 0 amide bonds. The molecule has 18 heavy (non-hydrogen) atoms. The topological polar surface area (TPSA) is 41.1 Å². The Morgan fingerprint density at radius 2 is 2.17 bits per heavy atom. The molecule has 1 N–H and O–H groups in total. The van der Waals surface area contributed by atoms with Gasteiger partial charge in [-0.05, 0) is 32.1 Å². The van der Waals surface area contributed by atoms with Gasteiger partial charge in [0.25, 0.3) is 0 Å². The summed E-state index contributed by atoms with van der Waals surface area (Å²) in [6.45, 7) is 5.58. The number of hydrogen-bond donors (Lipinski definition) is 1. The van der Waals surface area contributed by atoms with Crippen LogP contribution < -0.4 is 10.2 Å². The lowest BCUT2D eigenvalue weighted by Crippen LogP contribution is -2.40. The summed E-state index contributed by atoms with van der Waals surface area (Å²) in [6, 6.07) is 0.642. The quantitative estimate of drug-likeness (QED) is 0.889. The Labute approximate surface area is 110 Å². The Hall–Kier alpha value is -1.32. The third-order valence-electron chi connectivity index (χ3n) is 3.88. The van der Waals surface area contributed by atoms with E-state index >= 15 is 0 Å². The van der Waals surface area contributed by atoms with Crippen molar-refractivity contribution in [1.29, 1.82) is 0 Å². The highest BCUT2D eigenvalue weighted by molar-refractivity contribution is 5.59. The fourth-order valence-corrected chi connectivity index (χ4v) is 2.90. The summed E-state index contributed by atoms with van der Waals surface area (Å²) >= 11 is 0. The van der Waals surface area contributed by atoms with Crippen LogP contribution in [0, 0.1) is 0 Å². The molecule has 0 saturated carbocycles. The second-order valence-electron chi connectivity index (χ2n) is 4.88. The van der Waals surface area contributed by atoms with Gasteiger partial charge in [0.2, 0.25) is 0 Å². The molecule has 1 unspecified atom stereocenters. The molecule has 4 nitrogen and oxygen atoms in total. The number of hydrogen-bond acceptors (Lipinski definition) is 4. The van der Waals surface area contributed by atoms with Crippen LogP contribution in [-0.4, -0.2) is 29.6 Å². The first-order valence-corrected chi connectivity index (χ1v) is 7.10. The third-order valence-corrected chi connectivity index (χ3v) is 3.88. The number of nitrogens with zero attached hydrogens (tertiary/aromatic N) is 3. The summed E-state index contributed by atoms with van der Waals surface area (Å²) in [5.74, 6) is 2.12. The Kier molecular flexibility index (Phi) is 4.39. The zero-order chi connectivity index (χ0) is 13.0. The van der Waals surface area contributed by atoms with Gasteiger partial charge in [0, 0.05) is 25.2 Å². The van der Waals surface area contributed by atoms with Gasteiger partial charge in [-0.25, -0.2) is 9.97 Å². The highest BCUT2D eigenvalue weighted by atomic mass is 15.2. The molecular weight excluding hydrogens is 224 g/mol. The van der Waals surface area contributed by atoms with E-state index in [1.165, 1.54) is 31.2 Å². The van der Waals surface area contributed by atoms with Gasteiger partial charge in [-0.15, -0.1) is 0 Å². The van der Waals surface area contributed by atoms with Crippen molar-refractivity contribution in [1.82, 2.24) is 9.97 Å². The van der Waals surface area contributed by atoms with Gasteiger partial charge in [-0.3, -0.25) is 0 Å². The smallest absolute Gasteiger partial charge is 0.137 e. The molecule has 0 aliphatic carbocycles. The SMILES string of the molecule is CCc1c(NC)ncnc1N1CCCCC1CC. The van der Waals surface area contributed by atoms with Gasteiger partial charge in [0.1, 0.15) is 18.0 Å². The Morgan fingerprint density at radius 3 is 2.83 bits per heavy atom. The number of nitrogens with one attached hydrogen (secondary N) is 1. The van der Waals surface area contributed by atoms with E-state index in [1.807, 2.05) is 7.05 Å². The maximum absolute atomic E-state index is 4.55. The van der Waals surface area contributed by atoms with Crippen LogP contribution in [0.25, 0.3) is 0 Å². The summed E-state index contributed by atoms with van der Waals surface area (Å²) < 4.78 is 0. The van der Waals surface area contributed by atoms with Gasteiger partial charge in [-0.2, -0.15) is 0 Å². The van der Waals surface area contributed by atoms with E-state index < -0.39 is 0 Å². The van der Waals surface area contributed by atoms with Crippen molar-refractivity contribution < 1.29 is 0 Å². The van der Waals surface area contributed by atoms with Crippen molar-refractivity contribution in [2.45, 2.75) is 52.0 Å². The van der Waals surface area contributed by atoms with Gasteiger partial charge in [0.05, 0.1) is 0 Å². The number of rotatable bonds is 4. The monoisotopic (exact) mass is 248 g/mol. The molecule has 1 fully saturated rings. The average Bonchev–Trinajstić information content (AvgIpc) is 2.46. The second kappa shape index (κ2) is 6.03. The fourth-order valence-electron chi connectivity index (χ4n) is 2.90. The molecule has 100 valence electrons. The van der Waals surface area contributed by atoms with Crippen LogP contribution in [0.15, 0.2) is 6.33 Å². The van der Waals surface area contributed by atoms with Crippen molar-refractivity contribution >= 4 is 11.6 Å². The lowest BCUT2D eigenvalue weighted by Gasteiger charge is -2.37. The van der Waals surface area contributed by atoms with Crippen molar-refractivity contribution in [2.24, 2.45) is 0 Å². The van der Waals surface area contributed by atoms with E-state index in [-0.39, 0.29) is 0 Å². The van der Waals surface area contributed by atoms with Crippen molar-refractivity contribution in [2.75, 3.05) is 23.8 Å². The minimum absolute atomic E-state index is 0.642. The van der Waals surface area contributed by atoms with E-state index in [4.69, 9.17) is 0 Å². The minimum atomic E-state index is 0.642. The molecule has 1 aromatic rings. The molecule has 1 aromatic heterocycles. The van der Waals surface area contributed by atoms with E-state index in [0.717, 1.165) is 24.6 Å². The van der Waals surface area contributed by atoms with Crippen LogP contribution in [0.5, 0.6) is 0 Å². The molecular formula is C14H24N4. The van der Waals surface area contributed by atoms with E-state index in [0.29, 0.717) is 6.04 Å². The molecule has 1 atom stereocenters. The summed E-state index contributed by atoms with van der Waals surface area (Å²) in [5, 5.41) is 3.18. The molecule has 1 saturated heterocycles. The molecule has 2 heterocycles. The summed E-state index contributed by atoms with van der Waals surface area (Å²) in [5.41, 5.74) is 1.25. The van der Waals surface area contributed by atoms with Gasteiger partial charge >= 0.3 is 0 Å². The average molecular weight is 248 g/mol. The van der Waals surface area contributed by atoms with Crippen LogP contribution in [0.1, 0.15) is 45.1 Å². The highest BCUT2D eigenvalue weighted by Crippen LogP contribution is 2.30. The van der Waals surface area contributed by atoms with Crippen LogP contribution in [0.2, 0.25) is 0 Å². The third kappa shape index (κ3) is 2.42. The molecule has 1 aliphatic rings. The molecule has 1 aliphatic heterocycles. The van der Waals surface area contributed by atoms with Crippen LogP contribution in [0.3, 0.4) is 0 Å². The van der Waals surface area contributed by atoms with E-state index in [9.17, 15) is 0 Å². The predicted octanol–water partition coefficient (Wildman–Crippen LogP) is 2.85. The zero-order valence-corrected chi connectivity index (χ0v) is 11.7. The van der Waals surface area contributed by atoms with Crippen molar-refractivity contribution in [3.05, 3.63) is 11.9 Å². The first-order valence-electron chi connectivity index (χ1n) is 7.10. The largest absolute Gasteiger partial charge is 0.373 e. The summed E-state index contributed by atoms with van der Waals surface area (Å²) in [6.07, 6.45) is 7.76. The maximum atomic E-state index is 4.55. The first kappa shape index (κ1) is 13.1. The lowest BCUT2D eigenvalue weighted by molar-refractivity contribution is 0.445. The van der Waals surface area contributed by atoms with Gasteiger partial charge in [-0.1, -0.05) is 13.8 Å². The summed E-state index contributed by atoms with van der Waals surface area (Å²) in [7, 11) is 1.93. The predicted molar refractivity (Wildman–Crippen MR) is 76.2 cm³/mol. The van der Waals surface area contributed by atoms with E-state index in [2.05, 4.69) is 34.0 Å². The Morgan fingerprint density at radius 1 is 1.33 bits per heavy atom. The molecule has 0 spiro atoms. The highest BCUT2D eigenvalue weighted by Gasteiger charge is 2.24. The molecule has 2 rings (SSSR count). The van der Waals surface area contributed by atoms with Crippen molar-refractivity contribution in [3.8, 4) is 0 Å². The van der Waals surface area contributed by atoms with Crippen LogP contribution >= 0.6 is 0 Å². The standard InChI is InChI=1S/C14H24N4/c1-4-11-8-6-7-9-18(11)14-12(5-2)13(15-3)16-10-17-14/h10-11H,4-9H2,1-3H3,(H,15,16,17). The second-order valence-corrected chi connectivity index (χ2v) is 4.88. The van der Waals surface area contributed by atoms with Gasteiger partial charge in [0.15, 0.2) is 0 Å². The first-order chi connectivity index (χ1) is 8.81. The molecule has 0 aromatic carbocycles. The fraction of sp³-hybridized carbons (Fsp3) is 0.714. The molecule has 4 heteroatoms. The van der Waals surface area contributed by atoms with Crippen LogP contribution in [-0.2, 0) is 6.42 Å². The summed E-state index contributed by atoms with van der Waals surface area (Å²) in [4.78, 5) is 11.4. The minimum Gasteiger partial charge on any atom is -0.373 e. The number of piperidine rings is 1.